The Kier molecular flexibility index (Phi) is 7.31. The van der Waals surface area contributed by atoms with E-state index in [9.17, 15) is 40.4 Å². The minimum Gasteiger partial charge on any atom is -0.486 e. The molecule has 6 rings (SSSR count). The number of benzene rings is 3. The number of Topliss-reactive ketones (excluding diaryl/α,β-unsaturated/α-hetero) is 1. The van der Waals surface area contributed by atoms with E-state index in [-0.39, 0.29) is 56.9 Å². The molecule has 14 heteroatoms. The van der Waals surface area contributed by atoms with Crippen LogP contribution in [0.1, 0.15) is 27.2 Å². The Hall–Kier alpha value is -5.24. The molecule has 2 N–H and O–H groups in total. The van der Waals surface area contributed by atoms with Gasteiger partial charge in [0.2, 0.25) is 0 Å². The van der Waals surface area contributed by atoms with Crippen LogP contribution < -0.4 is 15.0 Å². The molecule has 1 aliphatic rings. The molecule has 3 aromatic carbocycles. The minimum absolute atomic E-state index is 0.0106. The Bertz CT molecular complexity index is 2190. The van der Waals surface area contributed by atoms with Gasteiger partial charge in [0.05, 0.1) is 17.0 Å². The summed E-state index contributed by atoms with van der Waals surface area (Å²) in [5, 5.41) is -0.190. The van der Waals surface area contributed by atoms with Gasteiger partial charge in [0, 0.05) is 45.8 Å². The number of halogens is 4. The number of alkyl halides is 3. The monoisotopic (exact) mass is 639 g/mol. The largest absolute Gasteiger partial charge is 0.486 e. The molecule has 1 amide bonds. The highest BCUT2D eigenvalue weighted by atomic mass is 32.2. The third-order valence-electron chi connectivity index (χ3n) is 7.33. The van der Waals surface area contributed by atoms with Gasteiger partial charge in [-0.05, 0) is 54.6 Å². The van der Waals surface area contributed by atoms with Gasteiger partial charge in [0.25, 0.3) is 21.5 Å². The van der Waals surface area contributed by atoms with Crippen molar-refractivity contribution in [2.45, 2.75) is 24.0 Å². The van der Waals surface area contributed by atoms with Crippen molar-refractivity contribution in [1.82, 2.24) is 14.3 Å². The van der Waals surface area contributed by atoms with E-state index in [1.807, 2.05) is 4.72 Å². The third kappa shape index (κ3) is 5.59. The summed E-state index contributed by atoms with van der Waals surface area (Å²) in [7, 11) is -4.65. The van der Waals surface area contributed by atoms with Crippen LogP contribution in [-0.2, 0) is 34.0 Å². The summed E-state index contributed by atoms with van der Waals surface area (Å²) in [6, 6.07) is 14.4. The van der Waals surface area contributed by atoms with Gasteiger partial charge >= 0.3 is 6.18 Å². The standard InChI is InChI=1S/C31H21F4N3O6S/c32-24-6-2-1-4-17(24)15-38-25-9-7-19(31(33,34)35)14-23(25)27(22-5-3-11-36-29(22)40)28(38)30(41)37-45(42,43)21-8-10-26-18(13-21)12-20(39)16-44-26/h1-11,13-14H,12,15-16H2,(H,36,40)(H,37,41). The fourth-order valence-electron chi connectivity index (χ4n) is 5.27. The molecule has 45 heavy (non-hydrogen) atoms. The topological polar surface area (TPSA) is 127 Å². The highest BCUT2D eigenvalue weighted by Gasteiger charge is 2.34. The Morgan fingerprint density at radius 3 is 2.51 bits per heavy atom. The molecule has 0 saturated heterocycles. The molecule has 0 fully saturated rings. The summed E-state index contributed by atoms with van der Waals surface area (Å²) >= 11 is 0. The van der Waals surface area contributed by atoms with E-state index in [1.54, 1.807) is 0 Å². The number of hydrogen-bond acceptors (Lipinski definition) is 6. The van der Waals surface area contributed by atoms with Crippen molar-refractivity contribution < 1.29 is 40.3 Å². The number of ether oxygens (including phenoxy) is 1. The van der Waals surface area contributed by atoms with E-state index in [1.165, 1.54) is 53.2 Å². The van der Waals surface area contributed by atoms with Crippen molar-refractivity contribution in [1.29, 1.82) is 0 Å². The molecule has 0 aliphatic carbocycles. The van der Waals surface area contributed by atoms with Crippen LogP contribution >= 0.6 is 0 Å². The number of H-pyrrole nitrogens is 1. The summed E-state index contributed by atoms with van der Waals surface area (Å²) in [5.74, 6) is -1.96. The van der Waals surface area contributed by atoms with Crippen molar-refractivity contribution in [3.63, 3.8) is 0 Å². The predicted octanol–water partition coefficient (Wildman–Crippen LogP) is 4.83. The first-order chi connectivity index (χ1) is 21.3. The smallest absolute Gasteiger partial charge is 0.416 e. The summed E-state index contributed by atoms with van der Waals surface area (Å²) in [6.45, 7) is -0.569. The molecule has 230 valence electrons. The van der Waals surface area contributed by atoms with Crippen molar-refractivity contribution in [2.24, 2.45) is 0 Å². The van der Waals surface area contributed by atoms with Crippen LogP contribution in [0.5, 0.6) is 5.75 Å². The second-order valence-electron chi connectivity index (χ2n) is 10.3. The van der Waals surface area contributed by atoms with Crippen LogP contribution in [0, 0.1) is 5.82 Å². The number of carbonyl (C=O) groups excluding carboxylic acids is 2. The fourth-order valence-corrected chi connectivity index (χ4v) is 6.28. The van der Waals surface area contributed by atoms with Crippen molar-refractivity contribution in [3.8, 4) is 16.9 Å². The van der Waals surface area contributed by atoms with E-state index in [0.29, 0.717) is 5.75 Å². The zero-order valence-electron chi connectivity index (χ0n) is 22.9. The van der Waals surface area contributed by atoms with Crippen LogP contribution in [0.4, 0.5) is 17.6 Å². The quantitative estimate of drug-likeness (QED) is 0.257. The summed E-state index contributed by atoms with van der Waals surface area (Å²) in [4.78, 5) is 40.9. The number of rotatable bonds is 6. The van der Waals surface area contributed by atoms with Crippen LogP contribution in [0.2, 0.25) is 0 Å². The number of aromatic amines is 1. The average Bonchev–Trinajstić information content (AvgIpc) is 3.30. The highest BCUT2D eigenvalue weighted by Crippen LogP contribution is 2.39. The molecule has 9 nitrogen and oxygen atoms in total. The second-order valence-corrected chi connectivity index (χ2v) is 11.9. The van der Waals surface area contributed by atoms with Crippen LogP contribution in [-0.4, -0.2) is 36.3 Å². The van der Waals surface area contributed by atoms with Gasteiger partial charge in [-0.1, -0.05) is 18.2 Å². The lowest BCUT2D eigenvalue weighted by atomic mass is 10.0. The molecule has 0 radical (unpaired) electrons. The van der Waals surface area contributed by atoms with E-state index in [4.69, 9.17) is 4.74 Å². The number of pyridine rings is 1. The number of nitrogens with one attached hydrogen (secondary N) is 2. The lowest BCUT2D eigenvalue weighted by molar-refractivity contribution is -0.137. The Labute approximate surface area is 252 Å². The lowest BCUT2D eigenvalue weighted by Gasteiger charge is -2.17. The molecule has 0 bridgehead atoms. The third-order valence-corrected chi connectivity index (χ3v) is 8.65. The highest BCUT2D eigenvalue weighted by molar-refractivity contribution is 7.90. The van der Waals surface area contributed by atoms with Crippen LogP contribution in [0.3, 0.4) is 0 Å². The van der Waals surface area contributed by atoms with Gasteiger partial charge in [0.1, 0.15) is 23.9 Å². The number of sulfonamides is 1. The maximum Gasteiger partial charge on any atom is 0.416 e. The molecule has 0 saturated carbocycles. The van der Waals surface area contributed by atoms with Crippen molar-refractivity contribution in [3.05, 3.63) is 118 Å². The average molecular weight is 640 g/mol. The SMILES string of the molecule is O=C1COc2ccc(S(=O)(=O)NC(=O)c3c(-c4ccc[nH]c4=O)c4cc(C(F)(F)F)ccc4n3Cc3ccccc3F)cc2C1. The van der Waals surface area contributed by atoms with Crippen LogP contribution in [0.15, 0.2) is 88.7 Å². The Morgan fingerprint density at radius 2 is 1.78 bits per heavy atom. The number of carbonyl (C=O) groups is 2. The van der Waals surface area contributed by atoms with Gasteiger partial charge in [0.15, 0.2) is 5.78 Å². The van der Waals surface area contributed by atoms with Gasteiger partial charge in [-0.3, -0.25) is 14.4 Å². The number of nitrogens with zero attached hydrogens (tertiary/aromatic N) is 1. The summed E-state index contributed by atoms with van der Waals surface area (Å²) < 4.78 is 91.7. The maximum atomic E-state index is 14.8. The number of hydrogen-bond donors (Lipinski definition) is 2. The van der Waals surface area contributed by atoms with Gasteiger partial charge in [-0.2, -0.15) is 13.2 Å². The molecule has 1 aliphatic heterocycles. The Balaban J connectivity index is 1.57. The van der Waals surface area contributed by atoms with Gasteiger partial charge < -0.3 is 14.3 Å². The molecule has 0 unspecified atom stereocenters. The first-order valence-corrected chi connectivity index (χ1v) is 14.8. The van der Waals surface area contributed by atoms with E-state index < -0.39 is 51.3 Å². The number of amides is 1. The normalized spacial score (nSPS) is 13.4. The fraction of sp³-hybridized carbons (Fsp3) is 0.129. The predicted molar refractivity (Wildman–Crippen MR) is 154 cm³/mol. The Morgan fingerprint density at radius 1 is 1.00 bits per heavy atom. The summed E-state index contributed by atoms with van der Waals surface area (Å²) in [6.07, 6.45) is -3.61. The molecular weight excluding hydrogens is 618 g/mol. The number of fused-ring (bicyclic) bond motifs is 2. The molecular formula is C31H21F4N3O6S. The minimum atomic E-state index is -4.80. The zero-order chi connectivity index (χ0) is 32.1. The van der Waals surface area contributed by atoms with E-state index in [2.05, 4.69) is 4.98 Å². The second kappa shape index (κ2) is 11.0. The summed E-state index contributed by atoms with van der Waals surface area (Å²) in [5.41, 5.74) is -2.52. The molecule has 5 aromatic rings. The zero-order valence-corrected chi connectivity index (χ0v) is 23.8. The van der Waals surface area contributed by atoms with E-state index in [0.717, 1.165) is 30.3 Å². The number of aromatic nitrogens is 2. The lowest BCUT2D eigenvalue weighted by Crippen LogP contribution is -2.33. The van der Waals surface area contributed by atoms with Crippen molar-refractivity contribution >= 4 is 32.6 Å². The van der Waals surface area contributed by atoms with Crippen molar-refractivity contribution in [2.75, 3.05) is 6.61 Å². The van der Waals surface area contributed by atoms with Crippen LogP contribution in [0.25, 0.3) is 22.0 Å². The number of ketones is 1. The van der Waals surface area contributed by atoms with E-state index >= 15 is 0 Å². The maximum absolute atomic E-state index is 14.8. The first kappa shape index (κ1) is 29.8. The van der Waals surface area contributed by atoms with Gasteiger partial charge in [-0.15, -0.1) is 0 Å². The first-order valence-electron chi connectivity index (χ1n) is 13.3. The van der Waals surface area contributed by atoms with Gasteiger partial charge in [-0.25, -0.2) is 17.5 Å². The molecule has 3 heterocycles. The molecule has 0 spiro atoms. The molecule has 2 aromatic heterocycles. The molecule has 0 atom stereocenters.